The molecule has 0 heterocycles. The number of methoxy groups -OCH3 is 4. The van der Waals surface area contributed by atoms with E-state index >= 15 is 0 Å². The summed E-state index contributed by atoms with van der Waals surface area (Å²) >= 11 is 0. The summed E-state index contributed by atoms with van der Waals surface area (Å²) in [5.74, 6) is 1.45. The molecule has 8 heteroatoms. The van der Waals surface area contributed by atoms with Gasteiger partial charge in [0.2, 0.25) is 5.75 Å². The number of benzene rings is 3. The van der Waals surface area contributed by atoms with Crippen molar-refractivity contribution in [1.82, 2.24) is 0 Å². The van der Waals surface area contributed by atoms with Crippen LogP contribution in [0.15, 0.2) is 60.7 Å². The molecular weight excluding hydrogens is 462 g/mol. The monoisotopic (exact) mass is 491 g/mol. The Morgan fingerprint density at radius 1 is 0.778 bits per heavy atom. The van der Waals surface area contributed by atoms with Gasteiger partial charge in [-0.05, 0) is 55.0 Å². The molecule has 36 heavy (non-hydrogen) atoms. The molecule has 188 valence electrons. The lowest BCUT2D eigenvalue weighted by Gasteiger charge is -2.13. The zero-order valence-corrected chi connectivity index (χ0v) is 20.9. The van der Waals surface area contributed by atoms with Crippen molar-refractivity contribution in [2.75, 3.05) is 40.4 Å². The van der Waals surface area contributed by atoms with Gasteiger partial charge in [-0.15, -0.1) is 0 Å². The van der Waals surface area contributed by atoms with E-state index in [1.54, 1.807) is 36.4 Å². The Labute approximate surface area is 210 Å². The van der Waals surface area contributed by atoms with Gasteiger partial charge in [-0.25, -0.2) is 0 Å². The first-order valence-electron chi connectivity index (χ1n) is 11.1. The van der Waals surface area contributed by atoms with Gasteiger partial charge in [-0.3, -0.25) is 9.59 Å². The average molecular weight is 492 g/mol. The minimum atomic E-state index is -0.306. The lowest BCUT2D eigenvalue weighted by Crippen LogP contribution is -2.20. The maximum atomic E-state index is 12.8. The van der Waals surface area contributed by atoms with E-state index in [1.165, 1.54) is 34.5 Å². The van der Waals surface area contributed by atoms with Crippen molar-refractivity contribution >= 4 is 23.5 Å². The van der Waals surface area contributed by atoms with Crippen LogP contribution < -0.4 is 29.0 Å². The summed E-state index contributed by atoms with van der Waals surface area (Å²) in [5.41, 5.74) is 2.84. The first-order valence-corrected chi connectivity index (χ1v) is 11.1. The molecule has 0 radical (unpaired) electrons. The zero-order chi connectivity index (χ0) is 26.1. The Hall–Kier alpha value is -4.46. The summed E-state index contributed by atoms with van der Waals surface area (Å²) in [4.78, 5) is 25.1. The third-order valence-corrected chi connectivity index (χ3v) is 5.26. The number of rotatable bonds is 11. The molecule has 8 nitrogen and oxygen atoms in total. The minimum Gasteiger partial charge on any atom is -0.493 e. The molecule has 0 spiro atoms. The van der Waals surface area contributed by atoms with E-state index in [0.29, 0.717) is 45.6 Å². The third kappa shape index (κ3) is 6.56. The van der Waals surface area contributed by atoms with Gasteiger partial charge in [0.25, 0.3) is 5.91 Å². The summed E-state index contributed by atoms with van der Waals surface area (Å²) in [7, 11) is 5.98. The SMILES string of the molecule is COc1ccc(/C=C/C(=O)c2cc(OC)c(OC)c(OC)c2)cc1OCC(=O)Nc1ccc(C)cc1. The van der Waals surface area contributed by atoms with Gasteiger partial charge in [0.05, 0.1) is 28.4 Å². The first-order chi connectivity index (χ1) is 17.4. The maximum absolute atomic E-state index is 12.8. The van der Waals surface area contributed by atoms with Crippen molar-refractivity contribution in [3.8, 4) is 28.7 Å². The molecule has 3 aromatic rings. The summed E-state index contributed by atoms with van der Waals surface area (Å²) in [6, 6.07) is 15.8. The maximum Gasteiger partial charge on any atom is 0.262 e. The molecule has 0 aliphatic rings. The van der Waals surface area contributed by atoms with Crippen molar-refractivity contribution in [1.29, 1.82) is 0 Å². The van der Waals surface area contributed by atoms with Gasteiger partial charge >= 0.3 is 0 Å². The number of nitrogens with one attached hydrogen (secondary N) is 1. The fourth-order valence-corrected chi connectivity index (χ4v) is 3.38. The zero-order valence-electron chi connectivity index (χ0n) is 20.9. The van der Waals surface area contributed by atoms with E-state index in [9.17, 15) is 9.59 Å². The van der Waals surface area contributed by atoms with Gasteiger partial charge < -0.3 is 29.0 Å². The molecule has 1 N–H and O–H groups in total. The third-order valence-electron chi connectivity index (χ3n) is 5.26. The largest absolute Gasteiger partial charge is 0.493 e. The standard InChI is InChI=1S/C28H29NO7/c1-18-6-10-21(11-7-18)29-27(31)17-36-24-14-19(9-13-23(24)32-2)8-12-22(30)20-15-25(33-3)28(35-5)26(16-20)34-4/h6-16H,17H2,1-5H3,(H,29,31)/b12-8+. The Bertz CT molecular complexity index is 1220. The molecule has 0 atom stereocenters. The Balaban J connectivity index is 1.72. The van der Waals surface area contributed by atoms with Crippen LogP contribution in [0.25, 0.3) is 6.08 Å². The van der Waals surface area contributed by atoms with Gasteiger partial charge in [0.15, 0.2) is 35.4 Å². The summed E-state index contributed by atoms with van der Waals surface area (Å²) < 4.78 is 27.0. The second-order valence-corrected chi connectivity index (χ2v) is 7.72. The molecular formula is C28H29NO7. The van der Waals surface area contributed by atoms with Crippen molar-refractivity contribution in [3.63, 3.8) is 0 Å². The second-order valence-electron chi connectivity index (χ2n) is 7.72. The van der Waals surface area contributed by atoms with Crippen molar-refractivity contribution in [2.45, 2.75) is 6.92 Å². The average Bonchev–Trinajstić information content (AvgIpc) is 2.90. The lowest BCUT2D eigenvalue weighted by atomic mass is 10.1. The molecule has 0 bridgehead atoms. The van der Waals surface area contributed by atoms with Gasteiger partial charge in [0.1, 0.15) is 0 Å². The van der Waals surface area contributed by atoms with Crippen LogP contribution >= 0.6 is 0 Å². The number of hydrogen-bond donors (Lipinski definition) is 1. The van der Waals surface area contributed by atoms with E-state index in [2.05, 4.69) is 5.32 Å². The van der Waals surface area contributed by atoms with Crippen LogP contribution in [0.2, 0.25) is 0 Å². The van der Waals surface area contributed by atoms with E-state index in [-0.39, 0.29) is 18.3 Å². The van der Waals surface area contributed by atoms with Crippen LogP contribution in [0, 0.1) is 6.92 Å². The molecule has 0 saturated carbocycles. The number of aryl methyl sites for hydroxylation is 1. The van der Waals surface area contributed by atoms with E-state index in [4.69, 9.17) is 23.7 Å². The number of amides is 1. The van der Waals surface area contributed by atoms with Crippen molar-refractivity contribution in [2.24, 2.45) is 0 Å². The van der Waals surface area contributed by atoms with Gasteiger partial charge in [-0.2, -0.15) is 0 Å². The topological polar surface area (TPSA) is 92.3 Å². The molecule has 3 aromatic carbocycles. The van der Waals surface area contributed by atoms with E-state index in [1.807, 2.05) is 31.2 Å². The quantitative estimate of drug-likeness (QED) is 0.300. The summed E-state index contributed by atoms with van der Waals surface area (Å²) in [6.45, 7) is 1.77. The van der Waals surface area contributed by atoms with Crippen molar-refractivity contribution < 1.29 is 33.3 Å². The molecule has 0 unspecified atom stereocenters. The second kappa shape index (κ2) is 12.3. The lowest BCUT2D eigenvalue weighted by molar-refractivity contribution is -0.118. The number of ketones is 1. The predicted octanol–water partition coefficient (Wildman–Crippen LogP) is 4.94. The first kappa shape index (κ1) is 26.2. The van der Waals surface area contributed by atoms with Crippen LogP contribution in [0.4, 0.5) is 5.69 Å². The number of anilines is 1. The molecule has 0 aromatic heterocycles. The summed E-state index contributed by atoms with van der Waals surface area (Å²) in [5, 5.41) is 2.78. The van der Waals surface area contributed by atoms with E-state index in [0.717, 1.165) is 5.56 Å². The number of carbonyl (C=O) groups is 2. The fourth-order valence-electron chi connectivity index (χ4n) is 3.38. The number of ether oxygens (including phenoxy) is 5. The smallest absolute Gasteiger partial charge is 0.262 e. The van der Waals surface area contributed by atoms with Crippen LogP contribution in [0.1, 0.15) is 21.5 Å². The molecule has 0 aliphatic heterocycles. The molecule has 0 aliphatic carbocycles. The highest BCUT2D eigenvalue weighted by Crippen LogP contribution is 2.38. The van der Waals surface area contributed by atoms with Crippen LogP contribution in [0.3, 0.4) is 0 Å². The number of hydrogen-bond acceptors (Lipinski definition) is 7. The Kier molecular flexibility index (Phi) is 8.94. The van der Waals surface area contributed by atoms with Crippen LogP contribution in [0.5, 0.6) is 28.7 Å². The number of carbonyl (C=O) groups excluding carboxylic acids is 2. The van der Waals surface area contributed by atoms with Crippen LogP contribution in [-0.2, 0) is 4.79 Å². The molecule has 3 rings (SSSR count). The highest BCUT2D eigenvalue weighted by atomic mass is 16.5. The van der Waals surface area contributed by atoms with Gasteiger partial charge in [0, 0.05) is 11.3 Å². The summed E-state index contributed by atoms with van der Waals surface area (Å²) in [6.07, 6.45) is 3.07. The molecule has 0 saturated heterocycles. The van der Waals surface area contributed by atoms with Crippen molar-refractivity contribution in [3.05, 3.63) is 77.4 Å². The Morgan fingerprint density at radius 3 is 2.00 bits per heavy atom. The number of allylic oxidation sites excluding steroid dienone is 1. The highest BCUT2D eigenvalue weighted by Gasteiger charge is 2.16. The molecule has 0 fully saturated rings. The Morgan fingerprint density at radius 2 is 1.42 bits per heavy atom. The minimum absolute atomic E-state index is 0.207. The highest BCUT2D eigenvalue weighted by molar-refractivity contribution is 6.07. The predicted molar refractivity (Wildman–Crippen MR) is 138 cm³/mol. The molecule has 1 amide bonds. The van der Waals surface area contributed by atoms with E-state index < -0.39 is 0 Å². The van der Waals surface area contributed by atoms with Crippen LogP contribution in [-0.4, -0.2) is 46.7 Å². The fraction of sp³-hybridized carbons (Fsp3) is 0.214. The van der Waals surface area contributed by atoms with Gasteiger partial charge in [-0.1, -0.05) is 29.8 Å². The normalized spacial score (nSPS) is 10.6.